The van der Waals surface area contributed by atoms with Gasteiger partial charge in [0.25, 0.3) is 10.0 Å². The molecule has 0 saturated heterocycles. The van der Waals surface area contributed by atoms with Crippen molar-refractivity contribution in [1.29, 1.82) is 0 Å². The number of anilines is 1. The van der Waals surface area contributed by atoms with Crippen LogP contribution < -0.4 is 5.73 Å². The van der Waals surface area contributed by atoms with Crippen LogP contribution in [0.25, 0.3) is 0 Å². The van der Waals surface area contributed by atoms with Crippen molar-refractivity contribution in [3.8, 4) is 0 Å². The van der Waals surface area contributed by atoms with Crippen LogP contribution in [-0.4, -0.2) is 29.2 Å². The van der Waals surface area contributed by atoms with Gasteiger partial charge in [-0.05, 0) is 40.0 Å². The number of nitrogens with two attached hydrogens (primary N) is 1. The molecule has 0 unspecified atom stereocenters. The van der Waals surface area contributed by atoms with E-state index in [1.54, 1.807) is 18.3 Å². The van der Waals surface area contributed by atoms with Gasteiger partial charge in [-0.15, -0.1) is 11.3 Å². The molecule has 0 fully saturated rings. The molecule has 0 atom stereocenters. The SMILES string of the molecule is Nc1ncc2c(n1)CN(S(=O)(=O)c1ccc(Br)s1)CC2. The molecule has 6 nitrogen and oxygen atoms in total. The fourth-order valence-electron chi connectivity index (χ4n) is 2.06. The summed E-state index contributed by atoms with van der Waals surface area (Å²) in [4.78, 5) is 8.07. The first kappa shape index (κ1) is 13.9. The maximum absolute atomic E-state index is 12.5. The molecule has 0 bridgehead atoms. The zero-order chi connectivity index (χ0) is 14.3. The van der Waals surface area contributed by atoms with Crippen LogP contribution in [-0.2, 0) is 23.0 Å². The van der Waals surface area contributed by atoms with Crippen molar-refractivity contribution in [3.05, 3.63) is 33.4 Å². The average molecular weight is 375 g/mol. The first-order valence-corrected chi connectivity index (χ1v) is 8.87. The molecule has 2 aromatic rings. The number of hydrogen-bond donors (Lipinski definition) is 1. The smallest absolute Gasteiger partial charge is 0.252 e. The van der Waals surface area contributed by atoms with Gasteiger partial charge in [-0.25, -0.2) is 18.4 Å². The number of aromatic nitrogens is 2. The van der Waals surface area contributed by atoms with Crippen molar-refractivity contribution in [3.63, 3.8) is 0 Å². The van der Waals surface area contributed by atoms with Crippen molar-refractivity contribution in [2.24, 2.45) is 0 Å². The maximum atomic E-state index is 12.5. The van der Waals surface area contributed by atoms with Gasteiger partial charge in [-0.2, -0.15) is 4.31 Å². The zero-order valence-electron chi connectivity index (χ0n) is 10.3. The van der Waals surface area contributed by atoms with E-state index in [4.69, 9.17) is 5.73 Å². The summed E-state index contributed by atoms with van der Waals surface area (Å²) in [5.41, 5.74) is 7.20. The van der Waals surface area contributed by atoms with E-state index in [0.29, 0.717) is 22.9 Å². The van der Waals surface area contributed by atoms with E-state index in [0.717, 1.165) is 9.35 Å². The number of nitrogen functional groups attached to an aromatic ring is 1. The Labute approximate surface area is 128 Å². The zero-order valence-corrected chi connectivity index (χ0v) is 13.5. The molecule has 9 heteroatoms. The highest BCUT2D eigenvalue weighted by Gasteiger charge is 2.30. The highest BCUT2D eigenvalue weighted by Crippen LogP contribution is 2.30. The third-order valence-corrected chi connectivity index (χ3v) is 7.01. The van der Waals surface area contributed by atoms with Crippen molar-refractivity contribution in [1.82, 2.24) is 14.3 Å². The number of fused-ring (bicyclic) bond motifs is 1. The lowest BCUT2D eigenvalue weighted by molar-refractivity contribution is 0.386. The van der Waals surface area contributed by atoms with Crippen molar-refractivity contribution >= 4 is 43.2 Å². The number of hydrogen-bond acceptors (Lipinski definition) is 6. The summed E-state index contributed by atoms with van der Waals surface area (Å²) < 4.78 is 27.6. The second-order valence-electron chi connectivity index (χ2n) is 4.35. The van der Waals surface area contributed by atoms with Crippen LogP contribution in [0.15, 0.2) is 26.3 Å². The largest absolute Gasteiger partial charge is 0.368 e. The first-order valence-electron chi connectivity index (χ1n) is 5.82. The summed E-state index contributed by atoms with van der Waals surface area (Å²) in [6, 6.07) is 3.34. The predicted molar refractivity (Wildman–Crippen MR) is 79.8 cm³/mol. The minimum atomic E-state index is -3.48. The van der Waals surface area contributed by atoms with Gasteiger partial charge in [0.2, 0.25) is 5.95 Å². The molecule has 0 aromatic carbocycles. The Kier molecular flexibility index (Phi) is 3.53. The van der Waals surface area contributed by atoms with Crippen LogP contribution in [0.4, 0.5) is 5.95 Å². The average Bonchev–Trinajstić information content (AvgIpc) is 2.85. The Balaban J connectivity index is 1.93. The summed E-state index contributed by atoms with van der Waals surface area (Å²) in [7, 11) is -3.48. The highest BCUT2D eigenvalue weighted by atomic mass is 79.9. The van der Waals surface area contributed by atoms with Gasteiger partial charge in [-0.3, -0.25) is 0 Å². The number of nitrogens with zero attached hydrogens (tertiary/aromatic N) is 3. The van der Waals surface area contributed by atoms with Gasteiger partial charge in [0.1, 0.15) is 4.21 Å². The molecule has 0 radical (unpaired) electrons. The van der Waals surface area contributed by atoms with E-state index in [9.17, 15) is 8.42 Å². The van der Waals surface area contributed by atoms with Crippen LogP contribution in [0.3, 0.4) is 0 Å². The quantitative estimate of drug-likeness (QED) is 0.862. The van der Waals surface area contributed by atoms with Crippen LogP contribution in [0.5, 0.6) is 0 Å². The fraction of sp³-hybridized carbons (Fsp3) is 0.273. The minimum absolute atomic E-state index is 0.168. The predicted octanol–water partition coefficient (Wildman–Crippen LogP) is 1.63. The summed E-state index contributed by atoms with van der Waals surface area (Å²) >= 11 is 4.48. The topological polar surface area (TPSA) is 89.2 Å². The molecular weight excluding hydrogens is 364 g/mol. The molecule has 20 heavy (non-hydrogen) atoms. The van der Waals surface area contributed by atoms with E-state index in [2.05, 4.69) is 25.9 Å². The van der Waals surface area contributed by atoms with Crippen LogP contribution in [0.1, 0.15) is 11.3 Å². The summed E-state index contributed by atoms with van der Waals surface area (Å²) in [6.07, 6.45) is 2.27. The standard InChI is InChI=1S/C11H11BrN4O2S2/c12-9-1-2-10(19-9)20(17,18)16-4-3-7-5-14-11(13)15-8(7)6-16/h1-2,5H,3-4,6H2,(H2,13,14,15). The van der Waals surface area contributed by atoms with E-state index < -0.39 is 10.0 Å². The van der Waals surface area contributed by atoms with E-state index >= 15 is 0 Å². The maximum Gasteiger partial charge on any atom is 0.252 e. The molecule has 2 N–H and O–H groups in total. The minimum Gasteiger partial charge on any atom is -0.368 e. The molecule has 106 valence electrons. The molecule has 0 amide bonds. The second kappa shape index (κ2) is 5.06. The number of halogens is 1. The second-order valence-corrected chi connectivity index (χ2v) is 8.98. The van der Waals surface area contributed by atoms with Crippen LogP contribution >= 0.6 is 27.3 Å². The lowest BCUT2D eigenvalue weighted by Crippen LogP contribution is -2.36. The van der Waals surface area contributed by atoms with Gasteiger partial charge in [0.15, 0.2) is 0 Å². The monoisotopic (exact) mass is 374 g/mol. The molecule has 1 aliphatic heterocycles. The molecule has 3 heterocycles. The summed E-state index contributed by atoms with van der Waals surface area (Å²) in [5.74, 6) is 0.168. The van der Waals surface area contributed by atoms with Crippen molar-refractivity contribution in [2.45, 2.75) is 17.2 Å². The van der Waals surface area contributed by atoms with Crippen molar-refractivity contribution < 1.29 is 8.42 Å². The number of sulfonamides is 1. The molecule has 0 aliphatic carbocycles. The molecule has 0 spiro atoms. The third kappa shape index (κ3) is 2.46. The lowest BCUT2D eigenvalue weighted by atomic mass is 10.1. The Morgan fingerprint density at radius 2 is 2.20 bits per heavy atom. The summed E-state index contributed by atoms with van der Waals surface area (Å²) in [5, 5.41) is 0. The van der Waals surface area contributed by atoms with Gasteiger partial charge in [-0.1, -0.05) is 0 Å². The first-order chi connectivity index (χ1) is 9.46. The number of thiophene rings is 1. The van der Waals surface area contributed by atoms with Crippen LogP contribution in [0, 0.1) is 0 Å². The normalized spacial score (nSPS) is 16.1. The van der Waals surface area contributed by atoms with E-state index in [1.165, 1.54) is 15.6 Å². The Morgan fingerprint density at radius 3 is 2.90 bits per heavy atom. The molecule has 0 saturated carbocycles. The molecule has 3 rings (SSSR count). The molecule has 1 aliphatic rings. The summed E-state index contributed by atoms with van der Waals surface area (Å²) in [6.45, 7) is 0.665. The Hall–Kier alpha value is -1.03. The van der Waals surface area contributed by atoms with Gasteiger partial charge >= 0.3 is 0 Å². The van der Waals surface area contributed by atoms with Gasteiger partial charge in [0.05, 0.1) is 16.0 Å². The molecular formula is C11H11BrN4O2S2. The highest BCUT2D eigenvalue weighted by molar-refractivity contribution is 9.11. The number of rotatable bonds is 2. The van der Waals surface area contributed by atoms with Gasteiger partial charge in [0, 0.05) is 12.7 Å². The van der Waals surface area contributed by atoms with E-state index in [-0.39, 0.29) is 12.5 Å². The van der Waals surface area contributed by atoms with Crippen LogP contribution in [0.2, 0.25) is 0 Å². The van der Waals surface area contributed by atoms with Crippen molar-refractivity contribution in [2.75, 3.05) is 12.3 Å². The third-order valence-electron chi connectivity index (χ3n) is 3.07. The fourth-order valence-corrected chi connectivity index (χ4v) is 5.63. The molecule has 2 aromatic heterocycles. The lowest BCUT2D eigenvalue weighted by Gasteiger charge is -2.26. The van der Waals surface area contributed by atoms with Gasteiger partial charge < -0.3 is 5.73 Å². The Morgan fingerprint density at radius 1 is 1.40 bits per heavy atom. The van der Waals surface area contributed by atoms with E-state index in [1.807, 2.05) is 0 Å². The Bertz CT molecular complexity index is 760.